The van der Waals surface area contributed by atoms with Gasteiger partial charge in [0.05, 0.1) is 0 Å². The summed E-state index contributed by atoms with van der Waals surface area (Å²) in [5.74, 6) is 0.0411. The van der Waals surface area contributed by atoms with Gasteiger partial charge in [-0.3, -0.25) is 4.79 Å². The van der Waals surface area contributed by atoms with Crippen molar-refractivity contribution in [1.82, 2.24) is 5.32 Å². The first-order chi connectivity index (χ1) is 8.38. The molecular formula is C15H20BrNO. The standard InChI is InChI=1S/C15H20BrNO/c1-10-7-11(9-12(16)8-10)14(18)17-13-5-4-6-15(13,2)3/h7-9,13H,4-6H2,1-3H3,(H,17,18). The van der Waals surface area contributed by atoms with E-state index in [2.05, 4.69) is 35.1 Å². The predicted molar refractivity (Wildman–Crippen MR) is 77.8 cm³/mol. The summed E-state index contributed by atoms with van der Waals surface area (Å²) in [5.41, 5.74) is 2.06. The molecule has 2 nitrogen and oxygen atoms in total. The summed E-state index contributed by atoms with van der Waals surface area (Å²) in [4.78, 5) is 12.3. The Bertz CT molecular complexity index is 447. The summed E-state index contributed by atoms with van der Waals surface area (Å²) >= 11 is 3.44. The molecule has 98 valence electrons. The molecular weight excluding hydrogens is 290 g/mol. The molecule has 1 amide bonds. The van der Waals surface area contributed by atoms with Crippen molar-refractivity contribution in [3.05, 3.63) is 33.8 Å². The minimum atomic E-state index is 0.0411. The fourth-order valence-corrected chi connectivity index (χ4v) is 3.31. The van der Waals surface area contributed by atoms with E-state index in [0.29, 0.717) is 6.04 Å². The summed E-state index contributed by atoms with van der Waals surface area (Å²) in [6.07, 6.45) is 3.48. The highest BCUT2D eigenvalue weighted by atomic mass is 79.9. The topological polar surface area (TPSA) is 29.1 Å². The van der Waals surface area contributed by atoms with Gasteiger partial charge >= 0.3 is 0 Å². The molecule has 0 spiro atoms. The van der Waals surface area contributed by atoms with Crippen molar-refractivity contribution in [2.24, 2.45) is 5.41 Å². The van der Waals surface area contributed by atoms with Crippen LogP contribution in [0.15, 0.2) is 22.7 Å². The summed E-state index contributed by atoms with van der Waals surface area (Å²) in [5, 5.41) is 3.18. The van der Waals surface area contributed by atoms with E-state index in [0.717, 1.165) is 22.0 Å². The molecule has 2 rings (SSSR count). The SMILES string of the molecule is Cc1cc(Br)cc(C(=O)NC2CCCC2(C)C)c1. The molecule has 0 saturated heterocycles. The van der Waals surface area contributed by atoms with Crippen LogP contribution in [-0.4, -0.2) is 11.9 Å². The Hall–Kier alpha value is -0.830. The zero-order valence-corrected chi connectivity index (χ0v) is 12.8. The average molecular weight is 310 g/mol. The van der Waals surface area contributed by atoms with Crippen molar-refractivity contribution in [1.29, 1.82) is 0 Å². The van der Waals surface area contributed by atoms with Crippen LogP contribution in [0.4, 0.5) is 0 Å². The van der Waals surface area contributed by atoms with Crippen molar-refractivity contribution in [2.45, 2.75) is 46.1 Å². The molecule has 0 aliphatic heterocycles. The predicted octanol–water partition coefficient (Wildman–Crippen LogP) is 4.07. The maximum absolute atomic E-state index is 12.3. The normalized spacial score (nSPS) is 21.9. The van der Waals surface area contributed by atoms with Crippen molar-refractivity contribution in [3.8, 4) is 0 Å². The van der Waals surface area contributed by atoms with Gasteiger partial charge in [-0.2, -0.15) is 0 Å². The fourth-order valence-electron chi connectivity index (χ4n) is 2.70. The minimum absolute atomic E-state index is 0.0411. The lowest BCUT2D eigenvalue weighted by atomic mass is 9.87. The highest BCUT2D eigenvalue weighted by Crippen LogP contribution is 2.37. The van der Waals surface area contributed by atoms with Crippen LogP contribution in [0.25, 0.3) is 0 Å². The number of hydrogen-bond donors (Lipinski definition) is 1. The van der Waals surface area contributed by atoms with Gasteiger partial charge in [0.2, 0.25) is 0 Å². The minimum Gasteiger partial charge on any atom is -0.349 e. The van der Waals surface area contributed by atoms with E-state index in [1.165, 1.54) is 12.8 Å². The molecule has 0 heterocycles. The Labute approximate surface area is 117 Å². The Kier molecular flexibility index (Phi) is 3.81. The summed E-state index contributed by atoms with van der Waals surface area (Å²) in [7, 11) is 0. The third kappa shape index (κ3) is 2.94. The van der Waals surface area contributed by atoms with Crippen LogP contribution in [0.2, 0.25) is 0 Å². The number of hydrogen-bond acceptors (Lipinski definition) is 1. The number of carbonyl (C=O) groups is 1. The van der Waals surface area contributed by atoms with Crippen molar-refractivity contribution >= 4 is 21.8 Å². The summed E-state index contributed by atoms with van der Waals surface area (Å²) in [6.45, 7) is 6.47. The molecule has 1 saturated carbocycles. The van der Waals surface area contributed by atoms with E-state index in [4.69, 9.17) is 0 Å². The number of benzene rings is 1. The zero-order valence-electron chi connectivity index (χ0n) is 11.2. The fraction of sp³-hybridized carbons (Fsp3) is 0.533. The molecule has 3 heteroatoms. The van der Waals surface area contributed by atoms with Gasteiger partial charge < -0.3 is 5.32 Å². The third-order valence-corrected chi connectivity index (χ3v) is 4.32. The van der Waals surface area contributed by atoms with Crippen LogP contribution >= 0.6 is 15.9 Å². The number of amides is 1. The average Bonchev–Trinajstić information content (AvgIpc) is 2.57. The number of carbonyl (C=O) groups excluding carboxylic acids is 1. The monoisotopic (exact) mass is 309 g/mol. The van der Waals surface area contributed by atoms with Gasteiger partial charge in [-0.15, -0.1) is 0 Å². The second-order valence-corrected chi connectivity index (χ2v) is 6.84. The molecule has 1 atom stereocenters. The van der Waals surface area contributed by atoms with Crippen molar-refractivity contribution < 1.29 is 4.79 Å². The van der Waals surface area contributed by atoms with Crippen molar-refractivity contribution in [3.63, 3.8) is 0 Å². The van der Waals surface area contributed by atoms with Crippen LogP contribution in [0.5, 0.6) is 0 Å². The molecule has 1 aliphatic carbocycles. The Morgan fingerprint density at radius 2 is 2.11 bits per heavy atom. The lowest BCUT2D eigenvalue weighted by molar-refractivity contribution is 0.0910. The van der Waals surface area contributed by atoms with Gasteiger partial charge in [0, 0.05) is 16.1 Å². The first-order valence-electron chi connectivity index (χ1n) is 6.46. The second-order valence-electron chi connectivity index (χ2n) is 5.92. The van der Waals surface area contributed by atoms with Gasteiger partial charge in [0.25, 0.3) is 5.91 Å². The Balaban J connectivity index is 2.12. The maximum atomic E-state index is 12.3. The molecule has 1 N–H and O–H groups in total. The lowest BCUT2D eigenvalue weighted by Crippen LogP contribution is -2.41. The first-order valence-corrected chi connectivity index (χ1v) is 7.26. The van der Waals surface area contributed by atoms with E-state index in [9.17, 15) is 4.79 Å². The van der Waals surface area contributed by atoms with E-state index >= 15 is 0 Å². The van der Waals surface area contributed by atoms with Gasteiger partial charge in [0.1, 0.15) is 0 Å². The van der Waals surface area contributed by atoms with Gasteiger partial charge in [-0.05, 0) is 48.9 Å². The van der Waals surface area contributed by atoms with E-state index in [1.54, 1.807) is 0 Å². The Morgan fingerprint density at radius 3 is 2.67 bits per heavy atom. The summed E-state index contributed by atoms with van der Waals surface area (Å²) < 4.78 is 0.957. The number of nitrogens with one attached hydrogen (secondary N) is 1. The quantitative estimate of drug-likeness (QED) is 0.876. The molecule has 18 heavy (non-hydrogen) atoms. The molecule has 1 aromatic rings. The molecule has 1 fully saturated rings. The van der Waals surface area contributed by atoms with Crippen LogP contribution in [0.1, 0.15) is 49.0 Å². The Morgan fingerprint density at radius 1 is 1.39 bits per heavy atom. The molecule has 0 aromatic heterocycles. The molecule has 0 radical (unpaired) electrons. The van der Waals surface area contributed by atoms with Crippen LogP contribution in [0, 0.1) is 12.3 Å². The zero-order chi connectivity index (χ0) is 13.3. The van der Waals surface area contributed by atoms with Gasteiger partial charge in [-0.25, -0.2) is 0 Å². The third-order valence-electron chi connectivity index (χ3n) is 3.87. The summed E-state index contributed by atoms with van der Waals surface area (Å²) in [6, 6.07) is 6.12. The molecule has 0 bridgehead atoms. The number of halogens is 1. The van der Waals surface area contributed by atoms with Crippen LogP contribution in [-0.2, 0) is 0 Å². The van der Waals surface area contributed by atoms with E-state index < -0.39 is 0 Å². The van der Waals surface area contributed by atoms with E-state index in [1.807, 2.05) is 25.1 Å². The van der Waals surface area contributed by atoms with Gasteiger partial charge in [0.15, 0.2) is 0 Å². The lowest BCUT2D eigenvalue weighted by Gasteiger charge is -2.27. The largest absolute Gasteiger partial charge is 0.349 e. The molecule has 1 unspecified atom stereocenters. The van der Waals surface area contributed by atoms with Crippen LogP contribution < -0.4 is 5.32 Å². The van der Waals surface area contributed by atoms with Crippen molar-refractivity contribution in [2.75, 3.05) is 0 Å². The molecule has 1 aromatic carbocycles. The van der Waals surface area contributed by atoms with Crippen LogP contribution in [0.3, 0.4) is 0 Å². The first kappa shape index (κ1) is 13.6. The highest BCUT2D eigenvalue weighted by molar-refractivity contribution is 9.10. The smallest absolute Gasteiger partial charge is 0.251 e. The van der Waals surface area contributed by atoms with E-state index in [-0.39, 0.29) is 11.3 Å². The number of rotatable bonds is 2. The number of aryl methyl sites for hydroxylation is 1. The second kappa shape index (κ2) is 5.04. The van der Waals surface area contributed by atoms with Gasteiger partial charge in [-0.1, -0.05) is 36.2 Å². The maximum Gasteiger partial charge on any atom is 0.251 e. The molecule has 1 aliphatic rings. The highest BCUT2D eigenvalue weighted by Gasteiger charge is 2.35.